The topological polar surface area (TPSA) is 67.0 Å². The predicted octanol–water partition coefficient (Wildman–Crippen LogP) is 3.05. The number of nitrogens with zero attached hydrogens (tertiary/aromatic N) is 1. The first-order valence-electron chi connectivity index (χ1n) is 10.2. The van der Waals surface area contributed by atoms with Crippen LogP contribution in [0.2, 0.25) is 0 Å². The van der Waals surface area contributed by atoms with Gasteiger partial charge < -0.3 is 19.5 Å². The summed E-state index contributed by atoms with van der Waals surface area (Å²) in [6, 6.07) is 15.0. The maximum absolute atomic E-state index is 12.8. The number of rotatable bonds is 10. The van der Waals surface area contributed by atoms with Gasteiger partial charge in [0.1, 0.15) is 13.1 Å². The SMILES string of the molecule is CCN(CC)C(=O)c1cccc(NC(=O)C[NH+](Cc2ccco2)Cc2cccs2)c1. The fourth-order valence-corrected chi connectivity index (χ4v) is 4.14. The standard InChI is InChI=1S/C23H27N3O3S/c1-3-26(4-2)23(28)18-8-5-9-19(14-18)24-22(27)17-25(15-20-10-6-12-29-20)16-21-11-7-13-30-21/h5-14H,3-4,15-17H2,1-2H3,(H,24,27)/p+1. The molecular weight excluding hydrogens is 398 g/mol. The summed E-state index contributed by atoms with van der Waals surface area (Å²) in [5.74, 6) is 0.723. The van der Waals surface area contributed by atoms with E-state index in [0.717, 1.165) is 17.2 Å². The van der Waals surface area contributed by atoms with Crippen molar-refractivity contribution < 1.29 is 18.9 Å². The van der Waals surface area contributed by atoms with E-state index in [2.05, 4.69) is 11.4 Å². The van der Waals surface area contributed by atoms with Crippen LogP contribution in [0.4, 0.5) is 5.69 Å². The van der Waals surface area contributed by atoms with Crippen LogP contribution in [0, 0.1) is 0 Å². The molecule has 0 aliphatic rings. The lowest BCUT2D eigenvalue weighted by molar-refractivity contribution is -0.920. The summed E-state index contributed by atoms with van der Waals surface area (Å²) in [5.41, 5.74) is 1.21. The Kier molecular flexibility index (Phi) is 7.82. The molecule has 2 amide bonds. The Morgan fingerprint density at radius 2 is 1.90 bits per heavy atom. The summed E-state index contributed by atoms with van der Waals surface area (Å²) in [4.78, 5) is 29.4. The zero-order valence-electron chi connectivity index (χ0n) is 17.4. The van der Waals surface area contributed by atoms with E-state index >= 15 is 0 Å². The average Bonchev–Trinajstić information content (AvgIpc) is 3.43. The second-order valence-corrected chi connectivity index (χ2v) is 8.08. The van der Waals surface area contributed by atoms with Gasteiger partial charge in [0.05, 0.1) is 11.1 Å². The molecular formula is C23H28N3O3S+. The van der Waals surface area contributed by atoms with Crippen LogP contribution in [0.3, 0.4) is 0 Å². The lowest BCUT2D eigenvalue weighted by Crippen LogP contribution is -3.10. The first-order valence-corrected chi connectivity index (χ1v) is 11.0. The van der Waals surface area contributed by atoms with Gasteiger partial charge in [-0.25, -0.2) is 0 Å². The number of benzene rings is 1. The molecule has 2 N–H and O–H groups in total. The van der Waals surface area contributed by atoms with Gasteiger partial charge in [0.15, 0.2) is 12.3 Å². The van der Waals surface area contributed by atoms with Gasteiger partial charge in [-0.05, 0) is 55.6 Å². The van der Waals surface area contributed by atoms with Gasteiger partial charge >= 0.3 is 0 Å². The third-order valence-electron chi connectivity index (χ3n) is 4.86. The smallest absolute Gasteiger partial charge is 0.279 e. The first-order chi connectivity index (χ1) is 14.6. The highest BCUT2D eigenvalue weighted by Gasteiger charge is 2.18. The molecule has 3 rings (SSSR count). The Labute approximate surface area is 181 Å². The fourth-order valence-electron chi connectivity index (χ4n) is 3.36. The van der Waals surface area contributed by atoms with Crippen LogP contribution in [-0.4, -0.2) is 36.3 Å². The van der Waals surface area contributed by atoms with Crippen molar-refractivity contribution in [2.24, 2.45) is 0 Å². The van der Waals surface area contributed by atoms with Gasteiger partial charge in [-0.2, -0.15) is 0 Å². The molecule has 0 saturated carbocycles. The van der Waals surface area contributed by atoms with Gasteiger partial charge in [-0.3, -0.25) is 9.59 Å². The van der Waals surface area contributed by atoms with Gasteiger partial charge in [0, 0.05) is 24.3 Å². The third kappa shape index (κ3) is 6.05. The van der Waals surface area contributed by atoms with Crippen molar-refractivity contribution in [3.63, 3.8) is 0 Å². The van der Waals surface area contributed by atoms with Crippen LogP contribution in [0.5, 0.6) is 0 Å². The molecule has 0 bridgehead atoms. The number of amides is 2. The van der Waals surface area contributed by atoms with E-state index in [1.165, 1.54) is 4.88 Å². The molecule has 158 valence electrons. The van der Waals surface area contributed by atoms with E-state index < -0.39 is 0 Å². The zero-order valence-corrected chi connectivity index (χ0v) is 18.2. The van der Waals surface area contributed by atoms with Crippen molar-refractivity contribution >= 4 is 28.8 Å². The largest absolute Gasteiger partial charge is 0.463 e. The molecule has 1 aromatic carbocycles. The van der Waals surface area contributed by atoms with Gasteiger partial charge in [0.2, 0.25) is 0 Å². The number of anilines is 1. The van der Waals surface area contributed by atoms with E-state index in [0.29, 0.717) is 37.4 Å². The molecule has 7 heteroatoms. The third-order valence-corrected chi connectivity index (χ3v) is 5.74. The Morgan fingerprint density at radius 3 is 2.57 bits per heavy atom. The molecule has 0 spiro atoms. The van der Waals surface area contributed by atoms with Crippen LogP contribution in [0.25, 0.3) is 0 Å². The Bertz CT molecular complexity index is 898. The monoisotopic (exact) mass is 426 g/mol. The van der Waals surface area contributed by atoms with E-state index in [9.17, 15) is 9.59 Å². The lowest BCUT2D eigenvalue weighted by Gasteiger charge is -2.19. The molecule has 0 aliphatic carbocycles. The molecule has 30 heavy (non-hydrogen) atoms. The van der Waals surface area contributed by atoms with Gasteiger partial charge in [-0.1, -0.05) is 12.1 Å². The van der Waals surface area contributed by atoms with Crippen molar-refractivity contribution in [1.29, 1.82) is 0 Å². The average molecular weight is 427 g/mol. The van der Waals surface area contributed by atoms with E-state index in [4.69, 9.17) is 4.42 Å². The molecule has 1 atom stereocenters. The van der Waals surface area contributed by atoms with Gasteiger partial charge in [-0.15, -0.1) is 11.3 Å². The number of furan rings is 1. The van der Waals surface area contributed by atoms with E-state index in [-0.39, 0.29) is 11.8 Å². The van der Waals surface area contributed by atoms with E-state index in [1.807, 2.05) is 43.5 Å². The highest BCUT2D eigenvalue weighted by Crippen LogP contribution is 2.13. The minimum absolute atomic E-state index is 0.0288. The Hall–Kier alpha value is -2.90. The number of thiophene rings is 1. The molecule has 2 heterocycles. The van der Waals surface area contributed by atoms with Crippen LogP contribution in [0.15, 0.2) is 64.6 Å². The summed E-state index contributed by atoms with van der Waals surface area (Å²) in [7, 11) is 0. The highest BCUT2D eigenvalue weighted by molar-refractivity contribution is 7.09. The summed E-state index contributed by atoms with van der Waals surface area (Å²) < 4.78 is 5.48. The van der Waals surface area contributed by atoms with Crippen molar-refractivity contribution in [3.8, 4) is 0 Å². The molecule has 2 aromatic heterocycles. The lowest BCUT2D eigenvalue weighted by atomic mass is 10.1. The van der Waals surface area contributed by atoms with Crippen molar-refractivity contribution in [2.45, 2.75) is 26.9 Å². The second-order valence-electron chi connectivity index (χ2n) is 7.05. The molecule has 0 fully saturated rings. The number of hydrogen-bond acceptors (Lipinski definition) is 4. The first kappa shape index (κ1) is 21.8. The quantitative estimate of drug-likeness (QED) is 0.524. The highest BCUT2D eigenvalue weighted by atomic mass is 32.1. The predicted molar refractivity (Wildman–Crippen MR) is 119 cm³/mol. The molecule has 0 aliphatic heterocycles. The zero-order chi connectivity index (χ0) is 21.3. The maximum atomic E-state index is 12.8. The van der Waals surface area contributed by atoms with Crippen molar-refractivity contribution in [1.82, 2.24) is 4.90 Å². The number of carbonyl (C=O) groups is 2. The Balaban J connectivity index is 1.66. The summed E-state index contributed by atoms with van der Waals surface area (Å²) in [6.45, 7) is 6.88. The van der Waals surface area contributed by atoms with Crippen molar-refractivity contribution in [2.75, 3.05) is 25.0 Å². The van der Waals surface area contributed by atoms with E-state index in [1.54, 1.807) is 40.7 Å². The Morgan fingerprint density at radius 1 is 1.07 bits per heavy atom. The fraction of sp³-hybridized carbons (Fsp3) is 0.304. The molecule has 3 aromatic rings. The summed E-state index contributed by atoms with van der Waals surface area (Å²) >= 11 is 1.68. The number of quaternary nitrogens is 1. The molecule has 6 nitrogen and oxygen atoms in total. The molecule has 1 unspecified atom stereocenters. The van der Waals surface area contributed by atoms with Crippen LogP contribution in [-0.2, 0) is 17.9 Å². The number of nitrogens with one attached hydrogen (secondary N) is 2. The number of hydrogen-bond donors (Lipinski definition) is 2. The van der Waals surface area contributed by atoms with Crippen LogP contribution >= 0.6 is 11.3 Å². The number of carbonyl (C=O) groups excluding carboxylic acids is 2. The minimum atomic E-state index is -0.0967. The maximum Gasteiger partial charge on any atom is 0.279 e. The normalized spacial score (nSPS) is 11.8. The molecule has 0 radical (unpaired) electrons. The summed E-state index contributed by atoms with van der Waals surface area (Å²) in [5, 5.41) is 4.98. The second kappa shape index (κ2) is 10.8. The molecule has 0 saturated heterocycles. The van der Waals surface area contributed by atoms with Crippen LogP contribution < -0.4 is 10.2 Å². The van der Waals surface area contributed by atoms with Crippen LogP contribution in [0.1, 0.15) is 34.8 Å². The van der Waals surface area contributed by atoms with Crippen molar-refractivity contribution in [3.05, 3.63) is 76.4 Å². The van der Waals surface area contributed by atoms with Gasteiger partial charge in [0.25, 0.3) is 11.8 Å². The minimum Gasteiger partial charge on any atom is -0.463 e. The summed E-state index contributed by atoms with van der Waals surface area (Å²) in [6.07, 6.45) is 1.65.